The molecule has 152 valence electrons. The molecule has 1 aromatic carbocycles. The number of hydrogen-bond acceptors (Lipinski definition) is 4. The molecule has 2 fully saturated rings. The largest absolute Gasteiger partial charge is 0.343 e. The Morgan fingerprint density at radius 2 is 1.82 bits per heavy atom. The van der Waals surface area contributed by atoms with Crippen molar-refractivity contribution < 1.29 is 14.4 Å². The van der Waals surface area contributed by atoms with E-state index in [9.17, 15) is 14.4 Å². The molecule has 2 aliphatic heterocycles. The van der Waals surface area contributed by atoms with Crippen LogP contribution in [-0.2, 0) is 19.8 Å². The molecule has 3 amide bonds. The zero-order valence-electron chi connectivity index (χ0n) is 16.6. The van der Waals surface area contributed by atoms with Gasteiger partial charge < -0.3 is 9.80 Å². The summed E-state index contributed by atoms with van der Waals surface area (Å²) in [5, 5.41) is 0.421. The van der Waals surface area contributed by atoms with E-state index in [4.69, 9.17) is 11.6 Å². The summed E-state index contributed by atoms with van der Waals surface area (Å²) in [7, 11) is 3.79. The number of carbonyl (C=O) groups is 3. The highest BCUT2D eigenvalue weighted by Crippen LogP contribution is 2.43. The number of benzene rings is 1. The summed E-state index contributed by atoms with van der Waals surface area (Å²) in [6.45, 7) is 2.32. The molecule has 1 aromatic rings. The van der Waals surface area contributed by atoms with E-state index in [2.05, 4.69) is 0 Å². The summed E-state index contributed by atoms with van der Waals surface area (Å²) in [4.78, 5) is 44.4. The number of hydrogen-bond donors (Lipinski definition) is 0. The smallest absolute Gasteiger partial charge is 0.240 e. The van der Waals surface area contributed by atoms with Gasteiger partial charge in [0.2, 0.25) is 17.7 Å². The molecule has 0 aliphatic carbocycles. The van der Waals surface area contributed by atoms with E-state index >= 15 is 0 Å². The number of imide groups is 1. The van der Waals surface area contributed by atoms with Crippen LogP contribution in [0.1, 0.15) is 37.7 Å². The minimum absolute atomic E-state index is 0.0113. The SMILES string of the molecule is CN(C)CCN1C(=O)CC(CC(=O)N2CCCCC2)(c2ccccc2Cl)C1=O. The number of piperidine rings is 1. The Morgan fingerprint density at radius 1 is 1.14 bits per heavy atom. The normalized spacial score (nSPS) is 23.0. The molecule has 7 heteroatoms. The lowest BCUT2D eigenvalue weighted by molar-refractivity contribution is -0.143. The first-order valence-corrected chi connectivity index (χ1v) is 10.3. The molecule has 2 saturated heterocycles. The molecular formula is C21H28ClN3O3. The average molecular weight is 406 g/mol. The van der Waals surface area contributed by atoms with Crippen molar-refractivity contribution in [2.24, 2.45) is 0 Å². The molecular weight excluding hydrogens is 378 g/mol. The monoisotopic (exact) mass is 405 g/mol. The molecule has 1 atom stereocenters. The van der Waals surface area contributed by atoms with Crippen molar-refractivity contribution in [2.75, 3.05) is 40.3 Å². The van der Waals surface area contributed by atoms with Crippen LogP contribution in [0.25, 0.3) is 0 Å². The Balaban J connectivity index is 1.94. The maximum atomic E-state index is 13.5. The lowest BCUT2D eigenvalue weighted by Gasteiger charge is -2.33. The van der Waals surface area contributed by atoms with Gasteiger partial charge in [0.05, 0.1) is 5.41 Å². The second kappa shape index (κ2) is 8.62. The lowest BCUT2D eigenvalue weighted by atomic mass is 9.75. The summed E-state index contributed by atoms with van der Waals surface area (Å²) in [5.41, 5.74) is -0.635. The maximum Gasteiger partial charge on any atom is 0.240 e. The van der Waals surface area contributed by atoms with Gasteiger partial charge in [-0.3, -0.25) is 19.3 Å². The number of rotatable bonds is 6. The molecule has 0 saturated carbocycles. The van der Waals surface area contributed by atoms with Gasteiger partial charge in [-0.05, 0) is 45.0 Å². The first-order chi connectivity index (χ1) is 13.3. The Kier molecular flexibility index (Phi) is 6.40. The number of halogens is 1. The van der Waals surface area contributed by atoms with E-state index in [1.165, 1.54) is 4.90 Å². The number of likely N-dealkylation sites (tertiary alicyclic amines) is 2. The van der Waals surface area contributed by atoms with Crippen molar-refractivity contribution in [1.82, 2.24) is 14.7 Å². The summed E-state index contributed by atoms with van der Waals surface area (Å²) >= 11 is 6.44. The average Bonchev–Trinajstić information content (AvgIpc) is 2.91. The fourth-order valence-electron chi connectivity index (χ4n) is 4.13. The van der Waals surface area contributed by atoms with Crippen molar-refractivity contribution in [3.8, 4) is 0 Å². The lowest BCUT2D eigenvalue weighted by Crippen LogP contribution is -2.45. The molecule has 2 heterocycles. The zero-order valence-corrected chi connectivity index (χ0v) is 17.4. The van der Waals surface area contributed by atoms with Crippen molar-refractivity contribution in [2.45, 2.75) is 37.5 Å². The highest BCUT2D eigenvalue weighted by Gasteiger charge is 2.54. The van der Waals surface area contributed by atoms with Crippen molar-refractivity contribution in [3.05, 3.63) is 34.9 Å². The molecule has 0 aromatic heterocycles. The van der Waals surface area contributed by atoms with Crippen LogP contribution >= 0.6 is 11.6 Å². The summed E-state index contributed by atoms with van der Waals surface area (Å²) in [6, 6.07) is 7.07. The minimum atomic E-state index is -1.21. The van der Waals surface area contributed by atoms with Crippen LogP contribution in [-0.4, -0.2) is 72.7 Å². The maximum absolute atomic E-state index is 13.5. The predicted molar refractivity (Wildman–Crippen MR) is 108 cm³/mol. The van der Waals surface area contributed by atoms with Gasteiger partial charge in [-0.1, -0.05) is 29.8 Å². The fraction of sp³-hybridized carbons (Fsp3) is 0.571. The molecule has 0 bridgehead atoms. The van der Waals surface area contributed by atoms with Gasteiger partial charge in [-0.2, -0.15) is 0 Å². The van der Waals surface area contributed by atoms with Gasteiger partial charge >= 0.3 is 0 Å². The molecule has 6 nitrogen and oxygen atoms in total. The molecule has 0 N–H and O–H groups in total. The van der Waals surface area contributed by atoms with Gasteiger partial charge in [0.15, 0.2) is 0 Å². The Bertz CT molecular complexity index is 761. The summed E-state index contributed by atoms with van der Waals surface area (Å²) in [6.07, 6.45) is 3.05. The third-order valence-corrected chi connectivity index (χ3v) is 6.06. The predicted octanol–water partition coefficient (Wildman–Crippen LogP) is 2.30. The van der Waals surface area contributed by atoms with Crippen molar-refractivity contribution in [1.29, 1.82) is 0 Å². The highest BCUT2D eigenvalue weighted by molar-refractivity contribution is 6.32. The van der Waals surface area contributed by atoms with Crippen LogP contribution in [0.4, 0.5) is 0 Å². The van der Waals surface area contributed by atoms with Gasteiger partial charge in [-0.15, -0.1) is 0 Å². The van der Waals surface area contributed by atoms with Crippen LogP contribution in [0.3, 0.4) is 0 Å². The minimum Gasteiger partial charge on any atom is -0.343 e. The Morgan fingerprint density at radius 3 is 2.46 bits per heavy atom. The van der Waals surface area contributed by atoms with Crippen molar-refractivity contribution >= 4 is 29.3 Å². The topological polar surface area (TPSA) is 60.9 Å². The van der Waals surface area contributed by atoms with E-state index in [1.807, 2.05) is 23.9 Å². The van der Waals surface area contributed by atoms with Crippen LogP contribution in [0, 0.1) is 0 Å². The first-order valence-electron chi connectivity index (χ1n) is 9.87. The van der Waals surface area contributed by atoms with E-state index in [-0.39, 0.29) is 30.6 Å². The molecule has 28 heavy (non-hydrogen) atoms. The van der Waals surface area contributed by atoms with E-state index in [0.29, 0.717) is 36.8 Å². The molecule has 3 rings (SSSR count). The van der Waals surface area contributed by atoms with Gasteiger partial charge in [0.1, 0.15) is 0 Å². The van der Waals surface area contributed by atoms with Crippen LogP contribution < -0.4 is 0 Å². The van der Waals surface area contributed by atoms with E-state index in [0.717, 1.165) is 19.3 Å². The number of nitrogens with zero attached hydrogens (tertiary/aromatic N) is 3. The summed E-state index contributed by atoms with van der Waals surface area (Å²) in [5.74, 6) is -0.619. The number of amides is 3. The third-order valence-electron chi connectivity index (χ3n) is 5.73. The number of carbonyl (C=O) groups excluding carboxylic acids is 3. The van der Waals surface area contributed by atoms with Gasteiger partial charge in [0, 0.05) is 44.0 Å². The fourth-order valence-corrected chi connectivity index (χ4v) is 4.45. The van der Waals surface area contributed by atoms with Crippen LogP contribution in [0.15, 0.2) is 24.3 Å². The van der Waals surface area contributed by atoms with Crippen molar-refractivity contribution in [3.63, 3.8) is 0 Å². The highest BCUT2D eigenvalue weighted by atomic mass is 35.5. The quantitative estimate of drug-likeness (QED) is 0.681. The molecule has 0 radical (unpaired) electrons. The Hall–Kier alpha value is -1.92. The van der Waals surface area contributed by atoms with E-state index in [1.54, 1.807) is 24.3 Å². The zero-order chi connectivity index (χ0) is 20.3. The third kappa shape index (κ3) is 4.08. The van der Waals surface area contributed by atoms with Crippen LogP contribution in [0.5, 0.6) is 0 Å². The van der Waals surface area contributed by atoms with E-state index < -0.39 is 5.41 Å². The first kappa shape index (κ1) is 20.8. The molecule has 0 spiro atoms. The standard InChI is InChI=1S/C21H28ClN3O3/c1-23(2)12-13-25-19(27)15-21(20(25)28,16-8-4-5-9-17(16)22)14-18(26)24-10-6-3-7-11-24/h4-5,8-9H,3,6-7,10-15H2,1-2H3. The second-order valence-corrected chi connectivity index (χ2v) is 8.42. The Labute approximate surface area is 171 Å². The number of likely N-dealkylation sites (N-methyl/N-ethyl adjacent to an activating group) is 1. The molecule has 1 unspecified atom stereocenters. The van der Waals surface area contributed by atoms with Gasteiger partial charge in [0.25, 0.3) is 0 Å². The van der Waals surface area contributed by atoms with Gasteiger partial charge in [-0.25, -0.2) is 0 Å². The summed E-state index contributed by atoms with van der Waals surface area (Å²) < 4.78 is 0. The second-order valence-electron chi connectivity index (χ2n) is 8.01. The van der Waals surface area contributed by atoms with Crippen LogP contribution in [0.2, 0.25) is 5.02 Å². The molecule has 2 aliphatic rings.